The maximum absolute atomic E-state index is 12.9. The van der Waals surface area contributed by atoms with Gasteiger partial charge in [0.15, 0.2) is 0 Å². The van der Waals surface area contributed by atoms with Crippen LogP contribution >= 0.6 is 11.3 Å². The topological polar surface area (TPSA) is 58.6 Å². The zero-order chi connectivity index (χ0) is 18.8. The number of amides is 1. The predicted molar refractivity (Wildman–Crippen MR) is 106 cm³/mol. The minimum atomic E-state index is 0.0450. The average molecular weight is 387 g/mol. The Bertz CT molecular complexity index is 763. The standard InChI is InChI=1S/C20H26N4O2S/c1-14-11-24(12-15(2)26-14)17-5-8-23(9-6-17)20(25)18-13-27-19(22-18)16-4-3-7-21-10-16/h3-4,7,10,13-15,17H,5-6,8-9,11-12H2,1-2H3. The molecule has 0 N–H and O–H groups in total. The van der Waals surface area contributed by atoms with Crippen LogP contribution in [-0.2, 0) is 4.74 Å². The Morgan fingerprint density at radius 3 is 2.63 bits per heavy atom. The summed E-state index contributed by atoms with van der Waals surface area (Å²) in [7, 11) is 0. The smallest absolute Gasteiger partial charge is 0.273 e. The zero-order valence-corrected chi connectivity index (χ0v) is 16.7. The Morgan fingerprint density at radius 2 is 1.96 bits per heavy atom. The number of ether oxygens (including phenoxy) is 1. The predicted octanol–water partition coefficient (Wildman–Crippen LogP) is 2.92. The summed E-state index contributed by atoms with van der Waals surface area (Å²) < 4.78 is 5.85. The molecule has 2 atom stereocenters. The highest BCUT2D eigenvalue weighted by atomic mass is 32.1. The van der Waals surface area contributed by atoms with E-state index < -0.39 is 0 Å². The van der Waals surface area contributed by atoms with E-state index in [0.717, 1.165) is 49.6 Å². The van der Waals surface area contributed by atoms with Gasteiger partial charge in [0.2, 0.25) is 0 Å². The van der Waals surface area contributed by atoms with Gasteiger partial charge in [-0.1, -0.05) is 0 Å². The largest absolute Gasteiger partial charge is 0.373 e. The number of hydrogen-bond acceptors (Lipinski definition) is 6. The third-order valence-corrected chi connectivity index (χ3v) is 6.24. The minimum absolute atomic E-state index is 0.0450. The lowest BCUT2D eigenvalue weighted by Crippen LogP contribution is -2.53. The van der Waals surface area contributed by atoms with Crippen LogP contribution in [-0.4, -0.2) is 70.1 Å². The normalized spacial score (nSPS) is 24.9. The molecule has 0 spiro atoms. The molecule has 7 heteroatoms. The van der Waals surface area contributed by atoms with Crippen LogP contribution in [0.1, 0.15) is 37.2 Å². The summed E-state index contributed by atoms with van der Waals surface area (Å²) in [5.41, 5.74) is 1.50. The van der Waals surface area contributed by atoms with Crippen molar-refractivity contribution in [3.05, 3.63) is 35.6 Å². The van der Waals surface area contributed by atoms with Crippen LogP contribution in [0.4, 0.5) is 0 Å². The molecule has 144 valence electrons. The number of thiazole rings is 1. The molecule has 0 aliphatic carbocycles. The maximum Gasteiger partial charge on any atom is 0.273 e. The molecule has 27 heavy (non-hydrogen) atoms. The number of likely N-dealkylation sites (tertiary alicyclic amines) is 1. The molecule has 0 saturated carbocycles. The van der Waals surface area contributed by atoms with Gasteiger partial charge in [0.05, 0.1) is 12.2 Å². The van der Waals surface area contributed by atoms with Crippen molar-refractivity contribution in [2.75, 3.05) is 26.2 Å². The molecule has 0 aromatic carbocycles. The van der Waals surface area contributed by atoms with Crippen LogP contribution in [0.15, 0.2) is 29.9 Å². The van der Waals surface area contributed by atoms with Crippen molar-refractivity contribution >= 4 is 17.2 Å². The van der Waals surface area contributed by atoms with Crippen molar-refractivity contribution in [3.8, 4) is 10.6 Å². The maximum atomic E-state index is 12.9. The molecule has 2 unspecified atom stereocenters. The number of aromatic nitrogens is 2. The van der Waals surface area contributed by atoms with E-state index in [-0.39, 0.29) is 18.1 Å². The van der Waals surface area contributed by atoms with Crippen LogP contribution in [0.3, 0.4) is 0 Å². The highest BCUT2D eigenvalue weighted by Gasteiger charge is 2.32. The molecule has 2 aliphatic rings. The van der Waals surface area contributed by atoms with Crippen molar-refractivity contribution < 1.29 is 9.53 Å². The molecule has 6 nitrogen and oxygen atoms in total. The number of carbonyl (C=O) groups excluding carboxylic acids is 1. The first-order valence-corrected chi connectivity index (χ1v) is 10.5. The Morgan fingerprint density at radius 1 is 1.22 bits per heavy atom. The van der Waals surface area contributed by atoms with Gasteiger partial charge in [0, 0.05) is 55.6 Å². The first kappa shape index (κ1) is 18.5. The zero-order valence-electron chi connectivity index (χ0n) is 15.9. The van der Waals surface area contributed by atoms with E-state index in [2.05, 4.69) is 28.7 Å². The summed E-state index contributed by atoms with van der Waals surface area (Å²) in [6.07, 6.45) is 6.13. The Labute approximate surface area is 164 Å². The minimum Gasteiger partial charge on any atom is -0.373 e. The summed E-state index contributed by atoms with van der Waals surface area (Å²) >= 11 is 1.50. The highest BCUT2D eigenvalue weighted by Crippen LogP contribution is 2.25. The summed E-state index contributed by atoms with van der Waals surface area (Å²) in [5.74, 6) is 0.0450. The van der Waals surface area contributed by atoms with Crippen molar-refractivity contribution in [1.82, 2.24) is 19.8 Å². The van der Waals surface area contributed by atoms with Gasteiger partial charge in [-0.25, -0.2) is 4.98 Å². The van der Waals surface area contributed by atoms with Gasteiger partial charge in [0.1, 0.15) is 10.7 Å². The molecule has 2 aliphatic heterocycles. The van der Waals surface area contributed by atoms with E-state index in [1.807, 2.05) is 22.4 Å². The fraction of sp³-hybridized carbons (Fsp3) is 0.550. The molecule has 0 radical (unpaired) electrons. The summed E-state index contributed by atoms with van der Waals surface area (Å²) in [4.78, 5) is 26.0. The van der Waals surface area contributed by atoms with Gasteiger partial charge in [-0.2, -0.15) is 0 Å². The molecule has 2 aromatic rings. The van der Waals surface area contributed by atoms with Crippen LogP contribution in [0.5, 0.6) is 0 Å². The van der Waals surface area contributed by atoms with Crippen molar-refractivity contribution in [1.29, 1.82) is 0 Å². The second kappa shape index (κ2) is 8.04. The third-order valence-electron chi connectivity index (χ3n) is 5.35. The molecule has 2 saturated heterocycles. The lowest BCUT2D eigenvalue weighted by atomic mass is 10.0. The Hall–Kier alpha value is -1.83. The third kappa shape index (κ3) is 4.20. The van der Waals surface area contributed by atoms with Gasteiger partial charge < -0.3 is 9.64 Å². The first-order chi connectivity index (χ1) is 13.1. The number of carbonyl (C=O) groups is 1. The quantitative estimate of drug-likeness (QED) is 0.812. The van der Waals surface area contributed by atoms with E-state index in [4.69, 9.17) is 4.74 Å². The molecule has 0 bridgehead atoms. The van der Waals surface area contributed by atoms with Crippen LogP contribution in [0.25, 0.3) is 10.6 Å². The molecule has 4 rings (SSSR count). The van der Waals surface area contributed by atoms with E-state index >= 15 is 0 Å². The molecule has 1 amide bonds. The van der Waals surface area contributed by atoms with Crippen LogP contribution in [0, 0.1) is 0 Å². The van der Waals surface area contributed by atoms with Gasteiger partial charge in [-0.15, -0.1) is 11.3 Å². The Balaban J connectivity index is 1.36. The number of piperidine rings is 1. The lowest BCUT2D eigenvalue weighted by molar-refractivity contribution is -0.0856. The van der Waals surface area contributed by atoms with E-state index in [0.29, 0.717) is 11.7 Å². The monoisotopic (exact) mass is 386 g/mol. The molecular weight excluding hydrogens is 360 g/mol. The van der Waals surface area contributed by atoms with Gasteiger partial charge in [0.25, 0.3) is 5.91 Å². The van der Waals surface area contributed by atoms with Crippen LogP contribution < -0.4 is 0 Å². The number of hydrogen-bond donors (Lipinski definition) is 0. The van der Waals surface area contributed by atoms with Crippen LogP contribution in [0.2, 0.25) is 0 Å². The highest BCUT2D eigenvalue weighted by molar-refractivity contribution is 7.13. The number of nitrogens with zero attached hydrogens (tertiary/aromatic N) is 4. The first-order valence-electron chi connectivity index (χ1n) is 9.65. The molecular formula is C20H26N4O2S. The molecule has 2 aromatic heterocycles. The van der Waals surface area contributed by atoms with E-state index in [1.54, 1.807) is 12.4 Å². The number of rotatable bonds is 3. The fourth-order valence-corrected chi connectivity index (χ4v) is 4.89. The molecule has 4 heterocycles. The summed E-state index contributed by atoms with van der Waals surface area (Å²) in [5, 5.41) is 2.71. The fourth-order valence-electron chi connectivity index (χ4n) is 4.11. The van der Waals surface area contributed by atoms with Crippen molar-refractivity contribution in [3.63, 3.8) is 0 Å². The summed E-state index contributed by atoms with van der Waals surface area (Å²) in [6.45, 7) is 7.85. The lowest BCUT2D eigenvalue weighted by Gasteiger charge is -2.43. The van der Waals surface area contributed by atoms with Gasteiger partial charge in [-0.3, -0.25) is 14.7 Å². The Kier molecular flexibility index (Phi) is 5.52. The van der Waals surface area contributed by atoms with Crippen molar-refractivity contribution in [2.45, 2.75) is 44.9 Å². The van der Waals surface area contributed by atoms with E-state index in [9.17, 15) is 4.79 Å². The van der Waals surface area contributed by atoms with Gasteiger partial charge in [-0.05, 0) is 38.8 Å². The average Bonchev–Trinajstić information content (AvgIpc) is 3.18. The SMILES string of the molecule is CC1CN(C2CCN(C(=O)c3csc(-c4cccnc4)n3)CC2)CC(C)O1. The number of morpholine rings is 1. The second-order valence-electron chi connectivity index (χ2n) is 7.51. The summed E-state index contributed by atoms with van der Waals surface area (Å²) in [6, 6.07) is 4.40. The van der Waals surface area contributed by atoms with Gasteiger partial charge >= 0.3 is 0 Å². The number of pyridine rings is 1. The van der Waals surface area contributed by atoms with Crippen molar-refractivity contribution in [2.24, 2.45) is 0 Å². The molecule has 2 fully saturated rings. The van der Waals surface area contributed by atoms with E-state index in [1.165, 1.54) is 11.3 Å². The second-order valence-corrected chi connectivity index (χ2v) is 8.37.